The van der Waals surface area contributed by atoms with E-state index in [-0.39, 0.29) is 18.2 Å². The molecule has 2 heterocycles. The van der Waals surface area contributed by atoms with Crippen LogP contribution in [0.15, 0.2) is 42.6 Å². The number of hydrogen-bond acceptors (Lipinski definition) is 3. The van der Waals surface area contributed by atoms with E-state index in [4.69, 9.17) is 4.98 Å². The summed E-state index contributed by atoms with van der Waals surface area (Å²) in [5.41, 5.74) is 5.17. The molecular weight excluding hydrogens is 328 g/mol. The lowest BCUT2D eigenvalue weighted by Crippen LogP contribution is -2.24. The monoisotopic (exact) mass is 350 g/mol. The van der Waals surface area contributed by atoms with Gasteiger partial charge in [-0.2, -0.15) is 0 Å². The number of benzene rings is 1. The first kappa shape index (κ1) is 17.7. The molecule has 0 aliphatic rings. The molecule has 6 nitrogen and oxygen atoms in total. The Kier molecular flexibility index (Phi) is 4.75. The molecule has 26 heavy (non-hydrogen) atoms. The van der Waals surface area contributed by atoms with Crippen molar-refractivity contribution in [2.24, 2.45) is 0 Å². The van der Waals surface area contributed by atoms with Gasteiger partial charge in [-0.15, -0.1) is 0 Å². The van der Waals surface area contributed by atoms with E-state index in [1.54, 1.807) is 19.0 Å². The summed E-state index contributed by atoms with van der Waals surface area (Å²) in [6.45, 7) is 3.49. The SMILES string of the molecule is CC(=O)Nc1ccc(-c2nc3ccc(C)cn3c2CC(=O)N(C)C)cc1. The van der Waals surface area contributed by atoms with E-state index in [0.29, 0.717) is 0 Å². The lowest BCUT2D eigenvalue weighted by atomic mass is 10.1. The van der Waals surface area contributed by atoms with E-state index >= 15 is 0 Å². The zero-order valence-electron chi connectivity index (χ0n) is 15.4. The van der Waals surface area contributed by atoms with Crippen molar-refractivity contribution in [1.82, 2.24) is 14.3 Å². The average Bonchev–Trinajstić information content (AvgIpc) is 2.93. The number of carbonyl (C=O) groups excluding carboxylic acids is 2. The molecule has 0 bridgehead atoms. The second-order valence-electron chi connectivity index (χ2n) is 6.57. The van der Waals surface area contributed by atoms with Gasteiger partial charge in [0.1, 0.15) is 5.65 Å². The van der Waals surface area contributed by atoms with Crippen LogP contribution in [0.3, 0.4) is 0 Å². The molecule has 1 aromatic carbocycles. The third-order valence-corrected chi connectivity index (χ3v) is 4.16. The van der Waals surface area contributed by atoms with Crippen molar-refractivity contribution in [3.05, 3.63) is 53.9 Å². The smallest absolute Gasteiger partial charge is 0.228 e. The van der Waals surface area contributed by atoms with E-state index in [1.165, 1.54) is 6.92 Å². The fourth-order valence-electron chi connectivity index (χ4n) is 2.82. The molecular formula is C20H22N4O2. The van der Waals surface area contributed by atoms with Gasteiger partial charge in [-0.3, -0.25) is 9.59 Å². The van der Waals surface area contributed by atoms with E-state index in [9.17, 15) is 9.59 Å². The zero-order valence-corrected chi connectivity index (χ0v) is 15.4. The van der Waals surface area contributed by atoms with Crippen LogP contribution in [0.4, 0.5) is 5.69 Å². The van der Waals surface area contributed by atoms with Gasteiger partial charge in [0.25, 0.3) is 0 Å². The summed E-state index contributed by atoms with van der Waals surface area (Å²) >= 11 is 0. The van der Waals surface area contributed by atoms with Crippen LogP contribution in [-0.2, 0) is 16.0 Å². The van der Waals surface area contributed by atoms with Gasteiger partial charge in [-0.05, 0) is 30.7 Å². The molecule has 0 aliphatic carbocycles. The van der Waals surface area contributed by atoms with Gasteiger partial charge < -0.3 is 14.6 Å². The summed E-state index contributed by atoms with van der Waals surface area (Å²) in [5, 5.41) is 2.75. The molecule has 0 aliphatic heterocycles. The summed E-state index contributed by atoms with van der Waals surface area (Å²) in [5.74, 6) is -0.0948. The molecule has 0 atom stereocenters. The summed E-state index contributed by atoms with van der Waals surface area (Å²) in [4.78, 5) is 29.8. The Balaban J connectivity index is 2.09. The molecule has 3 rings (SSSR count). The number of anilines is 1. The zero-order chi connectivity index (χ0) is 18.8. The van der Waals surface area contributed by atoms with Crippen molar-refractivity contribution in [1.29, 1.82) is 0 Å². The number of imidazole rings is 1. The van der Waals surface area contributed by atoms with Crippen molar-refractivity contribution in [2.45, 2.75) is 20.3 Å². The fraction of sp³-hybridized carbons (Fsp3) is 0.250. The molecule has 2 aromatic heterocycles. The number of hydrogen-bond donors (Lipinski definition) is 1. The van der Waals surface area contributed by atoms with Crippen molar-refractivity contribution < 1.29 is 9.59 Å². The van der Waals surface area contributed by atoms with E-state index in [1.807, 2.05) is 53.9 Å². The number of carbonyl (C=O) groups is 2. The molecule has 0 radical (unpaired) electrons. The van der Waals surface area contributed by atoms with Crippen LogP contribution in [0.1, 0.15) is 18.2 Å². The molecule has 0 saturated heterocycles. The highest BCUT2D eigenvalue weighted by Gasteiger charge is 2.18. The van der Waals surface area contributed by atoms with E-state index in [0.717, 1.165) is 33.8 Å². The molecule has 0 saturated carbocycles. The van der Waals surface area contributed by atoms with Crippen molar-refractivity contribution in [3.63, 3.8) is 0 Å². The van der Waals surface area contributed by atoms with E-state index in [2.05, 4.69) is 5.32 Å². The molecule has 0 spiro atoms. The van der Waals surface area contributed by atoms with Gasteiger partial charge in [-0.1, -0.05) is 18.2 Å². The predicted molar refractivity (Wildman–Crippen MR) is 102 cm³/mol. The quantitative estimate of drug-likeness (QED) is 0.787. The molecule has 6 heteroatoms. The van der Waals surface area contributed by atoms with Crippen LogP contribution in [0.5, 0.6) is 0 Å². The van der Waals surface area contributed by atoms with Gasteiger partial charge in [0.2, 0.25) is 11.8 Å². The Bertz CT molecular complexity index is 971. The molecule has 134 valence electrons. The van der Waals surface area contributed by atoms with Gasteiger partial charge in [0.15, 0.2) is 0 Å². The number of rotatable bonds is 4. The first-order valence-corrected chi connectivity index (χ1v) is 8.41. The van der Waals surface area contributed by atoms with Gasteiger partial charge >= 0.3 is 0 Å². The Hall–Kier alpha value is -3.15. The minimum Gasteiger partial charge on any atom is -0.348 e. The summed E-state index contributed by atoms with van der Waals surface area (Å²) < 4.78 is 1.98. The highest BCUT2D eigenvalue weighted by atomic mass is 16.2. The second-order valence-corrected chi connectivity index (χ2v) is 6.57. The number of aryl methyl sites for hydroxylation is 1. The maximum atomic E-state index is 12.3. The largest absolute Gasteiger partial charge is 0.348 e. The average molecular weight is 350 g/mol. The Labute approximate surface area is 152 Å². The molecule has 3 aromatic rings. The van der Waals surface area contributed by atoms with E-state index < -0.39 is 0 Å². The maximum absolute atomic E-state index is 12.3. The molecule has 2 amide bonds. The number of pyridine rings is 1. The van der Waals surface area contributed by atoms with Crippen molar-refractivity contribution >= 4 is 23.1 Å². The van der Waals surface area contributed by atoms with Crippen molar-refractivity contribution in [2.75, 3.05) is 19.4 Å². The summed E-state index contributed by atoms with van der Waals surface area (Å²) in [6.07, 6.45) is 2.26. The van der Waals surface area contributed by atoms with Crippen LogP contribution in [0, 0.1) is 6.92 Å². The number of fused-ring (bicyclic) bond motifs is 1. The number of nitrogens with one attached hydrogen (secondary N) is 1. The van der Waals surface area contributed by atoms with Gasteiger partial charge in [0.05, 0.1) is 17.8 Å². The Morgan fingerprint density at radius 2 is 1.81 bits per heavy atom. The molecule has 0 fully saturated rings. The highest BCUT2D eigenvalue weighted by molar-refractivity contribution is 5.89. The van der Waals surface area contributed by atoms with Gasteiger partial charge in [-0.25, -0.2) is 4.98 Å². The van der Waals surface area contributed by atoms with Crippen LogP contribution in [0.2, 0.25) is 0 Å². The third kappa shape index (κ3) is 3.59. The topological polar surface area (TPSA) is 66.7 Å². The van der Waals surface area contributed by atoms with Crippen LogP contribution < -0.4 is 5.32 Å². The van der Waals surface area contributed by atoms with Crippen LogP contribution in [-0.4, -0.2) is 40.2 Å². The Morgan fingerprint density at radius 1 is 1.12 bits per heavy atom. The van der Waals surface area contributed by atoms with Crippen LogP contribution in [0.25, 0.3) is 16.9 Å². The number of nitrogens with zero attached hydrogens (tertiary/aromatic N) is 3. The standard InChI is InChI=1S/C20H22N4O2/c1-13-5-10-18-22-20(15-6-8-16(9-7-15)21-14(2)25)17(24(18)12-13)11-19(26)23(3)4/h5-10,12H,11H2,1-4H3,(H,21,25). The minimum atomic E-state index is -0.113. The molecule has 1 N–H and O–H groups in total. The summed E-state index contributed by atoms with van der Waals surface area (Å²) in [7, 11) is 3.50. The lowest BCUT2D eigenvalue weighted by Gasteiger charge is -2.11. The lowest BCUT2D eigenvalue weighted by molar-refractivity contribution is -0.128. The first-order valence-electron chi connectivity index (χ1n) is 8.41. The van der Waals surface area contributed by atoms with Gasteiger partial charge in [0, 0.05) is 38.5 Å². The fourth-order valence-corrected chi connectivity index (χ4v) is 2.82. The first-order chi connectivity index (χ1) is 12.3. The van der Waals surface area contributed by atoms with Crippen molar-refractivity contribution in [3.8, 4) is 11.3 Å². The second kappa shape index (κ2) is 7.00. The number of amides is 2. The molecule has 0 unspecified atom stereocenters. The predicted octanol–water partition coefficient (Wildman–Crippen LogP) is 2.90. The van der Waals surface area contributed by atoms with Crippen LogP contribution >= 0.6 is 0 Å². The third-order valence-electron chi connectivity index (χ3n) is 4.16. The highest BCUT2D eigenvalue weighted by Crippen LogP contribution is 2.27. The number of aromatic nitrogens is 2. The normalized spacial score (nSPS) is 10.8. The number of likely N-dealkylation sites (N-methyl/N-ethyl adjacent to an activating group) is 1. The minimum absolute atomic E-state index is 0.0180. The Morgan fingerprint density at radius 3 is 2.42 bits per heavy atom. The maximum Gasteiger partial charge on any atom is 0.228 e. The summed E-state index contributed by atoms with van der Waals surface area (Å²) in [6, 6.07) is 11.4.